The second-order valence-electron chi connectivity index (χ2n) is 8.20. The first kappa shape index (κ1) is 20.6. The number of fused-ring (bicyclic) bond motifs is 2. The number of aromatic nitrogens is 5. The number of rotatable bonds is 3. The number of para-hydroxylation sites is 1. The second-order valence-corrected chi connectivity index (χ2v) is 8.61. The minimum atomic E-state index is -1.24. The molecule has 0 aliphatic carbocycles. The van der Waals surface area contributed by atoms with E-state index in [0.717, 1.165) is 0 Å². The van der Waals surface area contributed by atoms with Gasteiger partial charge in [-0.25, -0.2) is 13.9 Å². The summed E-state index contributed by atoms with van der Waals surface area (Å²) in [7, 11) is 0. The number of nitrogens with one attached hydrogen (secondary N) is 1. The average molecular weight is 481 g/mol. The molecule has 5 heterocycles. The number of halogens is 2. The third-order valence-electron chi connectivity index (χ3n) is 6.12. The topological polar surface area (TPSA) is 123 Å². The van der Waals surface area contributed by atoms with Gasteiger partial charge in [-0.15, -0.1) is 0 Å². The molecule has 3 aromatic heterocycles. The van der Waals surface area contributed by atoms with Crippen LogP contribution in [0.3, 0.4) is 0 Å². The van der Waals surface area contributed by atoms with Gasteiger partial charge in [-0.1, -0.05) is 29.8 Å². The summed E-state index contributed by atoms with van der Waals surface area (Å²) in [4.78, 5) is 36.3. The number of alkyl halides is 1. The molecule has 2 atom stereocenters. The van der Waals surface area contributed by atoms with Crippen LogP contribution in [0.5, 0.6) is 0 Å². The van der Waals surface area contributed by atoms with Crippen molar-refractivity contribution in [3.63, 3.8) is 0 Å². The molecule has 0 saturated carbocycles. The molecule has 10 nitrogen and oxygen atoms in total. The first-order valence-electron chi connectivity index (χ1n) is 10.6. The summed E-state index contributed by atoms with van der Waals surface area (Å²) in [6, 6.07) is 9.82. The molecule has 4 aromatic rings. The van der Waals surface area contributed by atoms with E-state index in [9.17, 15) is 14.0 Å². The largest absolute Gasteiger partial charge is 0.368 e. The SMILES string of the molecule is Nc1nc2c(c(N3C[C@@H](F)C[C@H]3c3nn4ccc(Cl)c4c(=O)n3-c3ccccc3)n1)C(=O)NC2. The zero-order valence-corrected chi connectivity index (χ0v) is 18.4. The molecule has 0 radical (unpaired) electrons. The van der Waals surface area contributed by atoms with Crippen molar-refractivity contribution < 1.29 is 9.18 Å². The molecule has 2 aliphatic heterocycles. The second kappa shape index (κ2) is 7.52. The van der Waals surface area contributed by atoms with Gasteiger partial charge in [0.2, 0.25) is 5.95 Å². The Labute approximate surface area is 196 Å². The number of benzene rings is 1. The van der Waals surface area contributed by atoms with Crippen LogP contribution in [0.4, 0.5) is 16.2 Å². The van der Waals surface area contributed by atoms with Crippen molar-refractivity contribution in [2.75, 3.05) is 17.2 Å². The normalized spacial score (nSPS) is 19.6. The van der Waals surface area contributed by atoms with Crippen LogP contribution in [0.2, 0.25) is 5.02 Å². The fraction of sp³-hybridized carbons (Fsp3) is 0.227. The van der Waals surface area contributed by atoms with Crippen LogP contribution in [-0.2, 0) is 6.54 Å². The summed E-state index contributed by atoms with van der Waals surface area (Å²) >= 11 is 6.27. The summed E-state index contributed by atoms with van der Waals surface area (Å²) in [5.41, 5.74) is 7.00. The van der Waals surface area contributed by atoms with Gasteiger partial charge >= 0.3 is 0 Å². The van der Waals surface area contributed by atoms with E-state index < -0.39 is 17.8 Å². The Kier molecular flexibility index (Phi) is 4.56. The molecular formula is C22H18ClFN8O2. The quantitative estimate of drug-likeness (QED) is 0.460. The summed E-state index contributed by atoms with van der Waals surface area (Å²) in [6.07, 6.45) is 0.379. The Morgan fingerprint density at radius 1 is 1.15 bits per heavy atom. The van der Waals surface area contributed by atoms with E-state index in [-0.39, 0.29) is 53.3 Å². The lowest BCUT2D eigenvalue weighted by atomic mass is 10.1. The zero-order chi connectivity index (χ0) is 23.6. The summed E-state index contributed by atoms with van der Waals surface area (Å²) in [6.45, 7) is 0.169. The molecule has 1 amide bonds. The van der Waals surface area contributed by atoms with Crippen molar-refractivity contribution in [2.45, 2.75) is 25.2 Å². The van der Waals surface area contributed by atoms with E-state index in [2.05, 4.69) is 20.4 Å². The first-order chi connectivity index (χ1) is 16.4. The van der Waals surface area contributed by atoms with Crippen LogP contribution in [0.1, 0.15) is 34.3 Å². The molecule has 34 heavy (non-hydrogen) atoms. The highest BCUT2D eigenvalue weighted by Crippen LogP contribution is 2.39. The Balaban J connectivity index is 1.60. The van der Waals surface area contributed by atoms with Gasteiger partial charge in [0.25, 0.3) is 11.5 Å². The Hall–Kier alpha value is -3.99. The van der Waals surface area contributed by atoms with E-state index in [1.54, 1.807) is 41.4 Å². The van der Waals surface area contributed by atoms with Crippen LogP contribution in [-0.4, -0.2) is 42.8 Å². The van der Waals surface area contributed by atoms with Crippen molar-refractivity contribution >= 4 is 34.8 Å². The number of anilines is 2. The number of carbonyl (C=O) groups is 1. The van der Waals surface area contributed by atoms with E-state index in [1.807, 2.05) is 6.07 Å². The third kappa shape index (κ3) is 3.04. The lowest BCUT2D eigenvalue weighted by Crippen LogP contribution is -2.34. The Morgan fingerprint density at radius 2 is 1.94 bits per heavy atom. The average Bonchev–Trinajstić information content (AvgIpc) is 3.50. The zero-order valence-electron chi connectivity index (χ0n) is 17.7. The number of hydrogen-bond donors (Lipinski definition) is 2. The fourth-order valence-electron chi connectivity index (χ4n) is 4.69. The summed E-state index contributed by atoms with van der Waals surface area (Å²) < 4.78 is 17.8. The van der Waals surface area contributed by atoms with Crippen LogP contribution in [0, 0.1) is 0 Å². The molecule has 0 unspecified atom stereocenters. The predicted octanol–water partition coefficient (Wildman–Crippen LogP) is 2.04. The fourth-order valence-corrected chi connectivity index (χ4v) is 4.91. The van der Waals surface area contributed by atoms with Gasteiger partial charge < -0.3 is 16.0 Å². The van der Waals surface area contributed by atoms with E-state index in [4.69, 9.17) is 17.3 Å². The maximum Gasteiger partial charge on any atom is 0.284 e. The predicted molar refractivity (Wildman–Crippen MR) is 123 cm³/mol. The van der Waals surface area contributed by atoms with Crippen LogP contribution in [0.25, 0.3) is 11.2 Å². The number of amides is 1. The lowest BCUT2D eigenvalue weighted by Gasteiger charge is -2.28. The van der Waals surface area contributed by atoms with Gasteiger partial charge in [0.1, 0.15) is 23.1 Å². The van der Waals surface area contributed by atoms with Gasteiger partial charge in [-0.05, 0) is 18.2 Å². The molecule has 1 fully saturated rings. The highest BCUT2D eigenvalue weighted by molar-refractivity contribution is 6.33. The molecular weight excluding hydrogens is 463 g/mol. The van der Waals surface area contributed by atoms with Gasteiger partial charge in [0, 0.05) is 12.6 Å². The van der Waals surface area contributed by atoms with Crippen LogP contribution in [0.15, 0.2) is 47.4 Å². The van der Waals surface area contributed by atoms with E-state index in [1.165, 1.54) is 9.08 Å². The van der Waals surface area contributed by atoms with Gasteiger partial charge in [-0.3, -0.25) is 14.2 Å². The summed E-state index contributed by atoms with van der Waals surface area (Å²) in [5.74, 6) is 0.141. The molecule has 1 aromatic carbocycles. The minimum Gasteiger partial charge on any atom is -0.368 e. The van der Waals surface area contributed by atoms with Crippen LogP contribution >= 0.6 is 11.6 Å². The Morgan fingerprint density at radius 3 is 2.74 bits per heavy atom. The van der Waals surface area contributed by atoms with Gasteiger partial charge in [0.05, 0.1) is 35.5 Å². The van der Waals surface area contributed by atoms with Gasteiger partial charge in [0.15, 0.2) is 5.82 Å². The molecule has 2 aliphatic rings. The monoisotopic (exact) mass is 480 g/mol. The van der Waals surface area contributed by atoms with Crippen molar-refractivity contribution in [2.24, 2.45) is 0 Å². The number of nitrogens with two attached hydrogens (primary N) is 1. The first-order valence-corrected chi connectivity index (χ1v) is 11.0. The van der Waals surface area contributed by atoms with Crippen molar-refractivity contribution in [1.29, 1.82) is 0 Å². The molecule has 6 rings (SSSR count). The van der Waals surface area contributed by atoms with Crippen molar-refractivity contribution in [1.82, 2.24) is 29.5 Å². The Bertz CT molecular complexity index is 1520. The number of nitrogens with zero attached hydrogens (tertiary/aromatic N) is 6. The molecule has 172 valence electrons. The van der Waals surface area contributed by atoms with E-state index in [0.29, 0.717) is 17.2 Å². The maximum atomic E-state index is 14.9. The molecule has 1 saturated heterocycles. The third-order valence-corrected chi connectivity index (χ3v) is 6.43. The molecule has 3 N–H and O–H groups in total. The number of hydrogen-bond acceptors (Lipinski definition) is 7. The van der Waals surface area contributed by atoms with Gasteiger partial charge in [-0.2, -0.15) is 10.1 Å². The van der Waals surface area contributed by atoms with Crippen molar-refractivity contribution in [3.05, 3.63) is 75.1 Å². The standard InChI is InChI=1S/C22H18ClFN8O2/c23-13-6-7-31-17(13)21(34)32(12-4-2-1-3-5-12)18(29-31)15-8-11(24)10-30(15)19-16-14(9-26-20(16)33)27-22(25)28-19/h1-7,11,15H,8-10H2,(H,26,33)(H2,25,27,28)/t11-,15-/m0/s1. The van der Waals surface area contributed by atoms with Crippen LogP contribution < -0.4 is 21.5 Å². The summed E-state index contributed by atoms with van der Waals surface area (Å²) in [5, 5.41) is 7.64. The lowest BCUT2D eigenvalue weighted by molar-refractivity contribution is 0.0966. The minimum absolute atomic E-state index is 0.0210. The maximum absolute atomic E-state index is 14.9. The number of carbonyl (C=O) groups excluding carboxylic acids is 1. The smallest absolute Gasteiger partial charge is 0.284 e. The van der Waals surface area contributed by atoms with Crippen molar-refractivity contribution in [3.8, 4) is 5.69 Å². The van der Waals surface area contributed by atoms with E-state index >= 15 is 0 Å². The molecule has 12 heteroatoms. The molecule has 0 bridgehead atoms. The highest BCUT2D eigenvalue weighted by atomic mass is 35.5. The number of nitrogen functional groups attached to an aromatic ring is 1. The molecule has 0 spiro atoms. The highest BCUT2D eigenvalue weighted by Gasteiger charge is 2.41.